The SMILES string of the molecule is CCCc1sc(C(=O)/C=C/c2ccc(OC)c(CSc3nc(C(F)(F)F)cc(-c4ccccc4)c3C#N)c2)cc1Br. The third-order valence-corrected chi connectivity index (χ3v) is 9.25. The van der Waals surface area contributed by atoms with Crippen molar-refractivity contribution in [1.29, 1.82) is 5.26 Å². The lowest BCUT2D eigenvalue weighted by Gasteiger charge is -2.15. The summed E-state index contributed by atoms with van der Waals surface area (Å²) in [6.45, 7) is 2.08. The molecule has 0 aliphatic heterocycles. The number of aryl methyl sites for hydroxylation is 1. The van der Waals surface area contributed by atoms with Crippen LogP contribution in [0.4, 0.5) is 13.2 Å². The number of hydrogen-bond donors (Lipinski definition) is 0. The van der Waals surface area contributed by atoms with Gasteiger partial charge in [-0.05, 0) is 63.8 Å². The fraction of sp³-hybridized carbons (Fsp3) is 0.194. The van der Waals surface area contributed by atoms with Gasteiger partial charge in [-0.1, -0.05) is 55.8 Å². The zero-order chi connectivity index (χ0) is 29.6. The maximum absolute atomic E-state index is 13.8. The van der Waals surface area contributed by atoms with Gasteiger partial charge in [0.25, 0.3) is 0 Å². The number of ketones is 1. The number of nitrogens with zero attached hydrogens (tertiary/aromatic N) is 2. The molecule has 0 atom stereocenters. The molecule has 0 amide bonds. The number of pyridine rings is 1. The first-order chi connectivity index (χ1) is 19.6. The van der Waals surface area contributed by atoms with E-state index in [4.69, 9.17) is 4.74 Å². The second-order valence-electron chi connectivity index (χ2n) is 8.90. The van der Waals surface area contributed by atoms with Crippen LogP contribution < -0.4 is 4.74 Å². The second-order valence-corrected chi connectivity index (χ2v) is 11.9. The van der Waals surface area contributed by atoms with Gasteiger partial charge in [0.2, 0.25) is 0 Å². The molecule has 0 saturated heterocycles. The lowest BCUT2D eigenvalue weighted by atomic mass is 10.0. The molecule has 0 radical (unpaired) electrons. The van der Waals surface area contributed by atoms with Crippen molar-refractivity contribution < 1.29 is 22.7 Å². The molecule has 10 heteroatoms. The average molecular weight is 658 g/mol. The number of rotatable bonds is 10. The molecule has 0 spiro atoms. The number of hydrogen-bond acceptors (Lipinski definition) is 6. The standard InChI is InChI=1S/C31H24BrF3N2O2S2/c1-3-7-27-24(32)16-28(41-27)25(38)12-10-19-11-13-26(39-2)21(14-19)18-40-30-23(17-36)22(20-8-5-4-6-9-20)15-29(37-30)31(33,34)35/h4-6,8-16H,3,7,18H2,1-2H3/b12-10+. The minimum absolute atomic E-state index is 0.0227. The minimum atomic E-state index is -4.68. The molecule has 2 heterocycles. The molecule has 4 nitrogen and oxygen atoms in total. The van der Waals surface area contributed by atoms with Crippen molar-refractivity contribution >= 4 is 50.9 Å². The Kier molecular flexibility index (Phi) is 10.1. The third-order valence-electron chi connectivity index (χ3n) is 6.05. The normalized spacial score (nSPS) is 11.5. The van der Waals surface area contributed by atoms with Gasteiger partial charge in [-0.3, -0.25) is 4.79 Å². The topological polar surface area (TPSA) is 63.0 Å². The summed E-state index contributed by atoms with van der Waals surface area (Å²) >= 11 is 6.01. The lowest BCUT2D eigenvalue weighted by molar-refractivity contribution is -0.141. The van der Waals surface area contributed by atoms with Crippen molar-refractivity contribution in [3.8, 4) is 22.9 Å². The predicted molar refractivity (Wildman–Crippen MR) is 161 cm³/mol. The number of carbonyl (C=O) groups excluding carboxylic acids is 1. The molecule has 0 bridgehead atoms. The molecule has 41 heavy (non-hydrogen) atoms. The Balaban J connectivity index is 1.63. The zero-order valence-electron chi connectivity index (χ0n) is 22.1. The van der Waals surface area contributed by atoms with E-state index >= 15 is 0 Å². The maximum Gasteiger partial charge on any atom is 0.433 e. The van der Waals surface area contributed by atoms with Crippen molar-refractivity contribution in [2.45, 2.75) is 36.7 Å². The van der Waals surface area contributed by atoms with Gasteiger partial charge in [0.1, 0.15) is 22.5 Å². The highest BCUT2D eigenvalue weighted by Gasteiger charge is 2.34. The Morgan fingerprint density at radius 3 is 2.59 bits per heavy atom. The monoisotopic (exact) mass is 656 g/mol. The van der Waals surface area contributed by atoms with Gasteiger partial charge < -0.3 is 4.74 Å². The summed E-state index contributed by atoms with van der Waals surface area (Å²) in [5.74, 6) is 0.597. The number of benzene rings is 2. The molecule has 0 unspecified atom stereocenters. The van der Waals surface area contributed by atoms with Gasteiger partial charge >= 0.3 is 6.18 Å². The smallest absolute Gasteiger partial charge is 0.433 e. The molecule has 4 aromatic rings. The molecule has 4 rings (SSSR count). The van der Waals surface area contributed by atoms with Crippen LogP contribution in [0, 0.1) is 11.3 Å². The zero-order valence-corrected chi connectivity index (χ0v) is 25.3. The van der Waals surface area contributed by atoms with Gasteiger partial charge in [0.15, 0.2) is 5.78 Å². The molecule has 0 aliphatic rings. The number of allylic oxidation sites excluding steroid dienone is 1. The molecule has 210 valence electrons. The molecule has 2 aromatic carbocycles. The van der Waals surface area contributed by atoms with E-state index in [1.807, 2.05) is 12.1 Å². The summed E-state index contributed by atoms with van der Waals surface area (Å²) in [5.41, 5.74) is 1.07. The molecule has 0 fully saturated rings. The summed E-state index contributed by atoms with van der Waals surface area (Å²) in [5, 5.41) is 9.89. The van der Waals surface area contributed by atoms with Crippen molar-refractivity contribution in [3.05, 3.63) is 103 Å². The van der Waals surface area contributed by atoms with E-state index in [1.165, 1.54) is 24.5 Å². The van der Waals surface area contributed by atoms with Crippen molar-refractivity contribution in [1.82, 2.24) is 4.98 Å². The number of halogens is 4. The van der Waals surface area contributed by atoms with Crippen LogP contribution in [0.5, 0.6) is 5.75 Å². The minimum Gasteiger partial charge on any atom is -0.496 e. The van der Waals surface area contributed by atoms with E-state index in [2.05, 4.69) is 27.8 Å². The Hall–Kier alpha value is -3.39. The van der Waals surface area contributed by atoms with Gasteiger partial charge in [-0.2, -0.15) is 18.4 Å². The Bertz CT molecular complexity index is 1630. The van der Waals surface area contributed by atoms with Crippen LogP contribution >= 0.6 is 39.0 Å². The highest BCUT2D eigenvalue weighted by Crippen LogP contribution is 2.38. The first-order valence-electron chi connectivity index (χ1n) is 12.5. The molecule has 2 aromatic heterocycles. The number of carbonyl (C=O) groups is 1. The van der Waals surface area contributed by atoms with Gasteiger partial charge in [-0.25, -0.2) is 4.98 Å². The number of aromatic nitrogens is 1. The van der Waals surface area contributed by atoms with Gasteiger partial charge in [0, 0.05) is 26.2 Å². The van der Waals surface area contributed by atoms with Gasteiger partial charge in [-0.15, -0.1) is 23.1 Å². The largest absolute Gasteiger partial charge is 0.496 e. The summed E-state index contributed by atoms with van der Waals surface area (Å²) in [6, 6.07) is 18.6. The Morgan fingerprint density at radius 1 is 1.17 bits per heavy atom. The maximum atomic E-state index is 13.8. The van der Waals surface area contributed by atoms with Crippen molar-refractivity contribution in [2.75, 3.05) is 7.11 Å². The van der Waals surface area contributed by atoms with E-state index < -0.39 is 11.9 Å². The quantitative estimate of drug-likeness (QED) is 0.0966. The number of thioether (sulfide) groups is 1. The van der Waals surface area contributed by atoms with Crippen LogP contribution in [0.15, 0.2) is 76.2 Å². The fourth-order valence-electron chi connectivity index (χ4n) is 4.07. The van der Waals surface area contributed by atoms with Crippen LogP contribution in [-0.2, 0) is 18.3 Å². The van der Waals surface area contributed by atoms with E-state index in [-0.39, 0.29) is 27.7 Å². The number of thiophene rings is 1. The number of alkyl halides is 3. The van der Waals surface area contributed by atoms with Crippen LogP contribution in [0.2, 0.25) is 0 Å². The van der Waals surface area contributed by atoms with Crippen molar-refractivity contribution in [3.63, 3.8) is 0 Å². The van der Waals surface area contributed by atoms with E-state index in [9.17, 15) is 23.2 Å². The number of nitriles is 1. The summed E-state index contributed by atoms with van der Waals surface area (Å²) < 4.78 is 47.7. The fourth-order valence-corrected chi connectivity index (χ4v) is 6.94. The van der Waals surface area contributed by atoms with Crippen LogP contribution in [0.1, 0.15) is 50.3 Å². The van der Waals surface area contributed by atoms with Crippen LogP contribution in [-0.4, -0.2) is 17.9 Å². The van der Waals surface area contributed by atoms with E-state index in [1.54, 1.807) is 54.6 Å². The Morgan fingerprint density at radius 2 is 1.93 bits per heavy atom. The second kappa shape index (κ2) is 13.5. The number of methoxy groups -OCH3 is 1. The van der Waals surface area contributed by atoms with Crippen LogP contribution in [0.3, 0.4) is 0 Å². The molecule has 0 saturated carbocycles. The van der Waals surface area contributed by atoms with Crippen molar-refractivity contribution in [2.24, 2.45) is 0 Å². The highest BCUT2D eigenvalue weighted by molar-refractivity contribution is 9.10. The Labute approximate surface area is 253 Å². The van der Waals surface area contributed by atoms with Crippen LogP contribution in [0.25, 0.3) is 17.2 Å². The lowest BCUT2D eigenvalue weighted by Crippen LogP contribution is -2.10. The highest BCUT2D eigenvalue weighted by atomic mass is 79.9. The summed E-state index contributed by atoms with van der Waals surface area (Å²) in [7, 11) is 1.50. The molecular formula is C31H24BrF3N2O2S2. The average Bonchev–Trinajstić information content (AvgIpc) is 3.34. The summed E-state index contributed by atoms with van der Waals surface area (Å²) in [4.78, 5) is 18.4. The van der Waals surface area contributed by atoms with E-state index in [0.29, 0.717) is 21.8 Å². The third kappa shape index (κ3) is 7.47. The van der Waals surface area contributed by atoms with Gasteiger partial charge in [0.05, 0.1) is 17.6 Å². The predicted octanol–water partition coefficient (Wildman–Crippen LogP) is 9.61. The molecule has 0 aliphatic carbocycles. The van der Waals surface area contributed by atoms with E-state index in [0.717, 1.165) is 45.6 Å². The first-order valence-corrected chi connectivity index (χ1v) is 15.1. The molecular weight excluding hydrogens is 633 g/mol. The first kappa shape index (κ1) is 30.6. The number of ether oxygens (including phenoxy) is 1. The molecule has 0 N–H and O–H groups in total. The summed E-state index contributed by atoms with van der Waals surface area (Å²) in [6.07, 6.45) is 0.384.